The van der Waals surface area contributed by atoms with Crippen molar-refractivity contribution in [1.29, 1.82) is 0 Å². The second-order valence-corrected chi connectivity index (χ2v) is 4.42. The number of aryl methyl sites for hydroxylation is 1. The second kappa shape index (κ2) is 5.01. The van der Waals surface area contributed by atoms with Crippen LogP contribution in [0.5, 0.6) is 0 Å². The Hall–Kier alpha value is -1.82. The van der Waals surface area contributed by atoms with Crippen molar-refractivity contribution in [3.05, 3.63) is 40.7 Å². The normalized spacial score (nSPS) is 12.1. The summed E-state index contributed by atoms with van der Waals surface area (Å²) in [6.07, 6.45) is 3.44. The molecule has 1 N–H and O–H groups in total. The first-order chi connectivity index (χ1) is 8.18. The third-order valence-corrected chi connectivity index (χ3v) is 3.22. The summed E-state index contributed by atoms with van der Waals surface area (Å²) in [7, 11) is 0. The van der Waals surface area contributed by atoms with Crippen molar-refractivity contribution in [2.24, 2.45) is 0 Å². The zero-order valence-electron chi connectivity index (χ0n) is 9.54. The first kappa shape index (κ1) is 11.7. The highest BCUT2D eigenvalue weighted by molar-refractivity contribution is 7.07. The van der Waals surface area contributed by atoms with Crippen LogP contribution >= 0.6 is 11.5 Å². The molecule has 0 bridgehead atoms. The third-order valence-electron chi connectivity index (χ3n) is 2.39. The maximum atomic E-state index is 11.9. The first-order valence-electron chi connectivity index (χ1n) is 5.18. The predicted octanol–water partition coefficient (Wildman–Crippen LogP) is 1.73. The molecule has 0 aliphatic heterocycles. The van der Waals surface area contributed by atoms with E-state index in [2.05, 4.69) is 19.9 Å². The molecule has 2 aromatic heterocycles. The lowest BCUT2D eigenvalue weighted by molar-refractivity contribution is 0.0943. The number of nitrogens with one attached hydrogen (secondary N) is 1. The van der Waals surface area contributed by atoms with Crippen molar-refractivity contribution >= 4 is 17.4 Å². The van der Waals surface area contributed by atoms with Crippen LogP contribution in [0.1, 0.15) is 33.9 Å². The number of hydrogen-bond donors (Lipinski definition) is 1. The Morgan fingerprint density at radius 2 is 2.35 bits per heavy atom. The summed E-state index contributed by atoms with van der Waals surface area (Å²) < 4.78 is 3.74. The van der Waals surface area contributed by atoms with Gasteiger partial charge < -0.3 is 5.32 Å². The van der Waals surface area contributed by atoms with E-state index in [0.29, 0.717) is 10.6 Å². The Morgan fingerprint density at radius 1 is 1.53 bits per heavy atom. The molecule has 0 aliphatic carbocycles. The lowest BCUT2D eigenvalue weighted by atomic mass is 10.1. The molecule has 88 valence electrons. The van der Waals surface area contributed by atoms with Crippen LogP contribution in [0, 0.1) is 6.92 Å². The highest BCUT2D eigenvalue weighted by Gasteiger charge is 2.16. The van der Waals surface area contributed by atoms with E-state index in [1.165, 1.54) is 0 Å². The van der Waals surface area contributed by atoms with Crippen LogP contribution in [0.3, 0.4) is 0 Å². The summed E-state index contributed by atoms with van der Waals surface area (Å²) in [5, 5.41) is 6.70. The number of carbonyl (C=O) groups excluding carboxylic acids is 1. The molecule has 5 nitrogen and oxygen atoms in total. The molecule has 0 aliphatic rings. The quantitative estimate of drug-likeness (QED) is 0.898. The van der Waals surface area contributed by atoms with Crippen molar-refractivity contribution in [3.8, 4) is 0 Å². The fourth-order valence-corrected chi connectivity index (χ4v) is 1.98. The molecule has 1 amide bonds. The molecular formula is C11H12N4OS. The SMILES string of the molecule is Cc1nnsc1C(=O)N[C@H](C)c1cccnc1. The molecule has 2 aromatic rings. The maximum absolute atomic E-state index is 11.9. The van der Waals surface area contributed by atoms with Gasteiger partial charge in [-0.15, -0.1) is 5.10 Å². The van der Waals surface area contributed by atoms with Crippen molar-refractivity contribution < 1.29 is 4.79 Å². The lowest BCUT2D eigenvalue weighted by Crippen LogP contribution is -2.26. The van der Waals surface area contributed by atoms with Crippen LogP contribution in [0.4, 0.5) is 0 Å². The van der Waals surface area contributed by atoms with Gasteiger partial charge >= 0.3 is 0 Å². The Bertz CT molecular complexity index is 511. The van der Waals surface area contributed by atoms with Gasteiger partial charge in [0.2, 0.25) is 0 Å². The smallest absolute Gasteiger partial charge is 0.265 e. The standard InChI is InChI=1S/C11H12N4OS/c1-7(9-4-3-5-12-6-9)13-11(16)10-8(2)14-15-17-10/h3-7H,1-2H3,(H,13,16)/t7-/m1/s1. The van der Waals surface area contributed by atoms with Gasteiger partial charge in [0, 0.05) is 12.4 Å². The molecule has 0 spiro atoms. The number of pyridine rings is 1. The fraction of sp³-hybridized carbons (Fsp3) is 0.273. The number of nitrogens with zero attached hydrogens (tertiary/aromatic N) is 3. The zero-order valence-corrected chi connectivity index (χ0v) is 10.4. The van der Waals surface area contributed by atoms with E-state index in [9.17, 15) is 4.79 Å². The summed E-state index contributed by atoms with van der Waals surface area (Å²) in [6, 6.07) is 3.69. The van der Waals surface area contributed by atoms with Gasteiger partial charge in [0.1, 0.15) is 4.88 Å². The van der Waals surface area contributed by atoms with Crippen LogP contribution in [0.25, 0.3) is 0 Å². The van der Waals surface area contributed by atoms with Gasteiger partial charge in [-0.2, -0.15) is 0 Å². The van der Waals surface area contributed by atoms with Crippen molar-refractivity contribution in [2.45, 2.75) is 19.9 Å². The maximum Gasteiger partial charge on any atom is 0.265 e. The van der Waals surface area contributed by atoms with Crippen LogP contribution < -0.4 is 5.32 Å². The van der Waals surface area contributed by atoms with E-state index in [1.807, 2.05) is 19.1 Å². The number of hydrogen-bond acceptors (Lipinski definition) is 5. The minimum atomic E-state index is -0.145. The molecule has 0 aromatic carbocycles. The topological polar surface area (TPSA) is 67.8 Å². The van der Waals surface area contributed by atoms with Gasteiger partial charge in [0.15, 0.2) is 0 Å². The first-order valence-corrected chi connectivity index (χ1v) is 5.95. The molecule has 1 atom stereocenters. The molecule has 6 heteroatoms. The summed E-state index contributed by atoms with van der Waals surface area (Å²) in [4.78, 5) is 16.5. The van der Waals surface area contributed by atoms with Crippen molar-refractivity contribution in [1.82, 2.24) is 19.9 Å². The summed E-state index contributed by atoms with van der Waals surface area (Å²) in [5.41, 5.74) is 1.63. The average Bonchev–Trinajstić information content (AvgIpc) is 2.76. The van der Waals surface area contributed by atoms with Crippen LogP contribution in [0.15, 0.2) is 24.5 Å². The van der Waals surface area contributed by atoms with E-state index in [1.54, 1.807) is 19.3 Å². The minimum Gasteiger partial charge on any atom is -0.345 e. The Balaban J connectivity index is 2.08. The largest absolute Gasteiger partial charge is 0.345 e. The van der Waals surface area contributed by atoms with E-state index >= 15 is 0 Å². The molecular weight excluding hydrogens is 236 g/mol. The highest BCUT2D eigenvalue weighted by Crippen LogP contribution is 2.14. The van der Waals surface area contributed by atoms with Gasteiger partial charge in [0.25, 0.3) is 5.91 Å². The Morgan fingerprint density at radius 3 is 2.94 bits per heavy atom. The zero-order chi connectivity index (χ0) is 12.3. The van der Waals surface area contributed by atoms with E-state index in [0.717, 1.165) is 17.1 Å². The summed E-state index contributed by atoms with van der Waals surface area (Å²) in [5.74, 6) is -0.145. The van der Waals surface area contributed by atoms with E-state index in [-0.39, 0.29) is 11.9 Å². The molecule has 0 fully saturated rings. The molecule has 0 saturated carbocycles. The number of aromatic nitrogens is 3. The molecule has 2 rings (SSSR count). The van der Waals surface area contributed by atoms with Gasteiger partial charge in [0.05, 0.1) is 11.7 Å². The van der Waals surface area contributed by atoms with Gasteiger partial charge in [-0.25, -0.2) is 0 Å². The van der Waals surface area contributed by atoms with Crippen LogP contribution in [-0.2, 0) is 0 Å². The second-order valence-electron chi connectivity index (χ2n) is 3.67. The molecule has 0 saturated heterocycles. The van der Waals surface area contributed by atoms with E-state index in [4.69, 9.17) is 0 Å². The van der Waals surface area contributed by atoms with Crippen molar-refractivity contribution in [3.63, 3.8) is 0 Å². The highest BCUT2D eigenvalue weighted by atomic mass is 32.1. The van der Waals surface area contributed by atoms with E-state index < -0.39 is 0 Å². The Kier molecular flexibility index (Phi) is 3.43. The monoisotopic (exact) mass is 248 g/mol. The summed E-state index contributed by atoms with van der Waals surface area (Å²) >= 11 is 1.11. The number of carbonyl (C=O) groups is 1. The number of amides is 1. The lowest BCUT2D eigenvalue weighted by Gasteiger charge is -2.12. The van der Waals surface area contributed by atoms with Crippen LogP contribution in [-0.4, -0.2) is 20.5 Å². The van der Waals surface area contributed by atoms with Crippen molar-refractivity contribution in [2.75, 3.05) is 0 Å². The predicted molar refractivity (Wildman–Crippen MR) is 64.8 cm³/mol. The minimum absolute atomic E-state index is 0.0855. The Labute approximate surface area is 103 Å². The van der Waals surface area contributed by atoms with Gasteiger partial charge in [-0.1, -0.05) is 10.6 Å². The number of rotatable bonds is 3. The molecule has 17 heavy (non-hydrogen) atoms. The molecule has 2 heterocycles. The average molecular weight is 248 g/mol. The van der Waals surface area contributed by atoms with Crippen LogP contribution in [0.2, 0.25) is 0 Å². The fourth-order valence-electron chi connectivity index (χ4n) is 1.42. The van der Waals surface area contributed by atoms with Gasteiger partial charge in [-0.3, -0.25) is 9.78 Å². The third kappa shape index (κ3) is 2.65. The molecule has 0 radical (unpaired) electrons. The molecule has 0 unspecified atom stereocenters. The summed E-state index contributed by atoms with van der Waals surface area (Å²) in [6.45, 7) is 3.69. The van der Waals surface area contributed by atoms with Gasteiger partial charge in [-0.05, 0) is 37.0 Å².